The van der Waals surface area contributed by atoms with Crippen molar-refractivity contribution in [3.63, 3.8) is 0 Å². The number of fused-ring (bicyclic) bond motifs is 1. The first kappa shape index (κ1) is 10.5. The second kappa shape index (κ2) is 4.22. The molecule has 0 fully saturated rings. The van der Waals surface area contributed by atoms with Gasteiger partial charge < -0.3 is 14.7 Å². The Morgan fingerprint density at radius 3 is 2.60 bits per heavy atom. The molecule has 0 aliphatic heterocycles. The first-order valence-corrected chi connectivity index (χ1v) is 5.17. The van der Waals surface area contributed by atoms with Gasteiger partial charge in [0.15, 0.2) is 0 Å². The molecule has 0 radical (unpaired) electrons. The summed E-state index contributed by atoms with van der Waals surface area (Å²) in [5, 5.41) is 19.4. The van der Waals surface area contributed by atoms with Crippen molar-refractivity contribution in [2.75, 3.05) is 0 Å². The Morgan fingerprint density at radius 2 is 1.87 bits per heavy atom. The Balaban J connectivity index is 2.60. The van der Waals surface area contributed by atoms with Crippen molar-refractivity contribution in [1.29, 1.82) is 0 Å². The first-order valence-electron chi connectivity index (χ1n) is 4.38. The maximum absolute atomic E-state index is 8.77. The molecule has 0 heterocycles. The monoisotopic (exact) mass is 266 g/mol. The van der Waals surface area contributed by atoms with Gasteiger partial charge in [0, 0.05) is 9.86 Å². The van der Waals surface area contributed by atoms with Crippen LogP contribution in [0.5, 0.6) is 5.75 Å². The highest BCUT2D eigenvalue weighted by atomic mass is 79.9. The summed E-state index contributed by atoms with van der Waals surface area (Å²) >= 11 is 3.33. The Morgan fingerprint density at radius 1 is 1.13 bits per heavy atom. The molecule has 2 aromatic rings. The van der Waals surface area contributed by atoms with Crippen molar-refractivity contribution in [3.05, 3.63) is 40.9 Å². The van der Waals surface area contributed by atoms with Gasteiger partial charge in [-0.25, -0.2) is 0 Å². The predicted molar refractivity (Wildman–Crippen MR) is 62.5 cm³/mol. The van der Waals surface area contributed by atoms with Crippen LogP contribution in [0.4, 0.5) is 0 Å². The van der Waals surface area contributed by atoms with E-state index in [9.17, 15) is 0 Å². The quantitative estimate of drug-likeness (QED) is 0.817. The van der Waals surface area contributed by atoms with Crippen molar-refractivity contribution < 1.29 is 14.7 Å². The zero-order chi connectivity index (χ0) is 10.8. The highest BCUT2D eigenvalue weighted by molar-refractivity contribution is 9.10. The van der Waals surface area contributed by atoms with Gasteiger partial charge in [-0.1, -0.05) is 40.2 Å². The molecular weight excluding hydrogens is 259 g/mol. The lowest BCUT2D eigenvalue weighted by Gasteiger charge is -2.09. The third-order valence-corrected chi connectivity index (χ3v) is 2.48. The molecule has 0 bridgehead atoms. The lowest BCUT2D eigenvalue weighted by molar-refractivity contribution is 0.289. The van der Waals surface area contributed by atoms with Gasteiger partial charge in [-0.2, -0.15) is 0 Å². The van der Waals surface area contributed by atoms with E-state index in [1.54, 1.807) is 6.07 Å². The van der Waals surface area contributed by atoms with Gasteiger partial charge in [-0.3, -0.25) is 0 Å². The normalized spacial score (nSPS) is 10.3. The smallest absolute Gasteiger partial charge is 0.511 e. The molecule has 0 amide bonds. The largest absolute Gasteiger partial charge is 0.707 e. The highest BCUT2D eigenvalue weighted by Crippen LogP contribution is 2.29. The predicted octanol–water partition coefficient (Wildman–Crippen LogP) is 1.95. The van der Waals surface area contributed by atoms with Gasteiger partial charge in [0.1, 0.15) is 5.75 Å². The summed E-state index contributed by atoms with van der Waals surface area (Å²) in [6.07, 6.45) is 0. The minimum atomic E-state index is -1.80. The van der Waals surface area contributed by atoms with Gasteiger partial charge >= 0.3 is 7.32 Å². The van der Waals surface area contributed by atoms with Gasteiger partial charge in [0.05, 0.1) is 0 Å². The topological polar surface area (TPSA) is 49.7 Å². The van der Waals surface area contributed by atoms with Crippen LogP contribution in [-0.4, -0.2) is 17.4 Å². The van der Waals surface area contributed by atoms with Crippen LogP contribution in [0.15, 0.2) is 40.9 Å². The summed E-state index contributed by atoms with van der Waals surface area (Å²) in [5.74, 6) is 0.440. The van der Waals surface area contributed by atoms with Crippen molar-refractivity contribution >= 4 is 34.0 Å². The minimum Gasteiger partial charge on any atom is -0.511 e. The summed E-state index contributed by atoms with van der Waals surface area (Å²) < 4.78 is 5.72. The van der Waals surface area contributed by atoms with Crippen LogP contribution in [0.25, 0.3) is 10.8 Å². The van der Waals surface area contributed by atoms with Crippen LogP contribution in [0.3, 0.4) is 0 Å². The Kier molecular flexibility index (Phi) is 2.95. The summed E-state index contributed by atoms with van der Waals surface area (Å²) in [4.78, 5) is 0. The van der Waals surface area contributed by atoms with Crippen molar-refractivity contribution in [1.82, 2.24) is 0 Å². The molecule has 0 unspecified atom stereocenters. The van der Waals surface area contributed by atoms with Gasteiger partial charge in [-0.15, -0.1) is 0 Å². The molecule has 0 saturated heterocycles. The summed E-state index contributed by atoms with van der Waals surface area (Å²) in [5.41, 5.74) is 0. The fraction of sp³-hybridized carbons (Fsp3) is 0. The molecule has 0 aliphatic carbocycles. The number of hydrogen-bond acceptors (Lipinski definition) is 3. The molecule has 0 atom stereocenters. The SMILES string of the molecule is OB(O)Oc1cc(Br)cc2ccccc12. The first-order chi connectivity index (χ1) is 7.16. The number of benzene rings is 2. The second-order valence-electron chi connectivity index (χ2n) is 3.07. The van der Waals surface area contributed by atoms with Crippen molar-refractivity contribution in [2.45, 2.75) is 0 Å². The molecule has 0 aromatic heterocycles. The Bertz CT molecular complexity index is 487. The molecule has 0 saturated carbocycles. The Hall–Kier alpha value is -1.04. The van der Waals surface area contributed by atoms with E-state index in [1.165, 1.54) is 0 Å². The molecular formula is C10H8BBrO3. The molecule has 0 spiro atoms. The van der Waals surface area contributed by atoms with E-state index in [-0.39, 0.29) is 0 Å². The molecule has 5 heteroatoms. The molecule has 2 rings (SSSR count). The van der Waals surface area contributed by atoms with E-state index in [0.29, 0.717) is 5.75 Å². The zero-order valence-corrected chi connectivity index (χ0v) is 9.31. The average molecular weight is 267 g/mol. The Labute approximate surface area is 95.6 Å². The third-order valence-electron chi connectivity index (χ3n) is 2.02. The van der Waals surface area contributed by atoms with Crippen LogP contribution in [-0.2, 0) is 0 Å². The fourth-order valence-electron chi connectivity index (χ4n) is 1.45. The third kappa shape index (κ3) is 2.31. The minimum absolute atomic E-state index is 0.440. The van der Waals surface area contributed by atoms with E-state index in [2.05, 4.69) is 15.9 Å². The van der Waals surface area contributed by atoms with Crippen LogP contribution in [0.2, 0.25) is 0 Å². The molecule has 0 aliphatic rings. The van der Waals surface area contributed by atoms with E-state index in [0.717, 1.165) is 15.2 Å². The van der Waals surface area contributed by atoms with Gasteiger partial charge in [0.25, 0.3) is 0 Å². The number of hydrogen-bond donors (Lipinski definition) is 2. The standard InChI is InChI=1S/C10H8BBrO3/c12-8-5-7-3-1-2-4-9(7)10(6-8)15-11(13)14/h1-6,13-14H. The molecule has 2 N–H and O–H groups in total. The zero-order valence-electron chi connectivity index (χ0n) is 7.72. The van der Waals surface area contributed by atoms with Crippen LogP contribution >= 0.6 is 15.9 Å². The molecule has 15 heavy (non-hydrogen) atoms. The fourth-order valence-corrected chi connectivity index (χ4v) is 1.91. The molecule has 2 aromatic carbocycles. The van der Waals surface area contributed by atoms with E-state index in [4.69, 9.17) is 14.7 Å². The van der Waals surface area contributed by atoms with Crippen molar-refractivity contribution in [3.8, 4) is 5.75 Å². The van der Waals surface area contributed by atoms with Crippen LogP contribution < -0.4 is 4.65 Å². The van der Waals surface area contributed by atoms with E-state index < -0.39 is 7.32 Å². The van der Waals surface area contributed by atoms with Gasteiger partial charge in [-0.05, 0) is 17.5 Å². The summed E-state index contributed by atoms with van der Waals surface area (Å²) in [6.45, 7) is 0. The second-order valence-corrected chi connectivity index (χ2v) is 3.98. The van der Waals surface area contributed by atoms with Gasteiger partial charge in [0.2, 0.25) is 0 Å². The lowest BCUT2D eigenvalue weighted by atomic mass is 10.1. The number of halogens is 1. The summed E-state index contributed by atoms with van der Waals surface area (Å²) in [7, 11) is -1.80. The highest BCUT2D eigenvalue weighted by Gasteiger charge is 2.13. The number of rotatable bonds is 2. The summed E-state index contributed by atoms with van der Waals surface area (Å²) in [6, 6.07) is 11.2. The molecule has 76 valence electrons. The molecule has 3 nitrogen and oxygen atoms in total. The average Bonchev–Trinajstić information content (AvgIpc) is 2.16. The van der Waals surface area contributed by atoms with E-state index >= 15 is 0 Å². The maximum atomic E-state index is 8.77. The van der Waals surface area contributed by atoms with Crippen LogP contribution in [0, 0.1) is 0 Å². The lowest BCUT2D eigenvalue weighted by Crippen LogP contribution is -2.20. The maximum Gasteiger partial charge on any atom is 0.707 e. The van der Waals surface area contributed by atoms with Crippen molar-refractivity contribution in [2.24, 2.45) is 0 Å². The van der Waals surface area contributed by atoms with E-state index in [1.807, 2.05) is 30.3 Å². The van der Waals surface area contributed by atoms with Crippen LogP contribution in [0.1, 0.15) is 0 Å².